The van der Waals surface area contributed by atoms with Crippen molar-refractivity contribution in [3.63, 3.8) is 0 Å². The van der Waals surface area contributed by atoms with Gasteiger partial charge in [0, 0.05) is 6.07 Å². The van der Waals surface area contributed by atoms with Crippen LogP contribution >= 0.6 is 11.6 Å². The molecule has 0 aliphatic rings. The highest BCUT2D eigenvalue weighted by atomic mass is 35.5. The minimum absolute atomic E-state index is 0.0302. The van der Waals surface area contributed by atoms with Crippen LogP contribution in [-0.2, 0) is 4.74 Å². The summed E-state index contributed by atoms with van der Waals surface area (Å²) < 4.78 is 18.1. The van der Waals surface area contributed by atoms with E-state index in [9.17, 15) is 14.0 Å². The maximum Gasteiger partial charge on any atom is 0.356 e. The normalized spacial score (nSPS) is 10.2. The van der Waals surface area contributed by atoms with Crippen LogP contribution in [0.5, 0.6) is 0 Å². The van der Waals surface area contributed by atoms with Gasteiger partial charge in [-0.2, -0.15) is 5.10 Å². The Kier molecular flexibility index (Phi) is 4.54. The summed E-state index contributed by atoms with van der Waals surface area (Å²) in [6, 6.07) is 5.19. The zero-order valence-electron chi connectivity index (χ0n) is 10.9. The molecule has 0 saturated carbocycles. The number of carbonyl (C=O) groups excluding carboxylic acids is 2. The van der Waals surface area contributed by atoms with Crippen LogP contribution in [0.1, 0.15) is 27.8 Å². The van der Waals surface area contributed by atoms with Gasteiger partial charge < -0.3 is 10.1 Å². The van der Waals surface area contributed by atoms with Crippen LogP contribution in [0.15, 0.2) is 24.3 Å². The van der Waals surface area contributed by atoms with Crippen molar-refractivity contribution in [1.82, 2.24) is 10.2 Å². The Bertz CT molecular complexity index is 687. The fraction of sp³-hybridized carbons (Fsp3) is 0.154. The molecule has 2 rings (SSSR count). The third kappa shape index (κ3) is 3.38. The summed E-state index contributed by atoms with van der Waals surface area (Å²) >= 11 is 5.71. The zero-order valence-corrected chi connectivity index (χ0v) is 11.7. The van der Waals surface area contributed by atoms with Crippen LogP contribution in [0.4, 0.5) is 10.2 Å². The van der Waals surface area contributed by atoms with Gasteiger partial charge in [0.1, 0.15) is 11.5 Å². The number of H-pyrrole nitrogens is 1. The van der Waals surface area contributed by atoms with E-state index in [0.29, 0.717) is 0 Å². The van der Waals surface area contributed by atoms with Crippen molar-refractivity contribution in [3.8, 4) is 0 Å². The minimum Gasteiger partial charge on any atom is -0.461 e. The topological polar surface area (TPSA) is 84.1 Å². The van der Waals surface area contributed by atoms with E-state index in [1.807, 2.05) is 0 Å². The average Bonchev–Trinajstić information content (AvgIpc) is 2.90. The van der Waals surface area contributed by atoms with E-state index in [4.69, 9.17) is 16.3 Å². The molecule has 1 amide bonds. The van der Waals surface area contributed by atoms with Crippen LogP contribution in [0.2, 0.25) is 5.02 Å². The first-order chi connectivity index (χ1) is 10.0. The number of esters is 1. The Labute approximate surface area is 124 Å². The van der Waals surface area contributed by atoms with Crippen LogP contribution in [0.25, 0.3) is 0 Å². The molecule has 2 N–H and O–H groups in total. The molecule has 0 atom stereocenters. The van der Waals surface area contributed by atoms with Crippen LogP contribution < -0.4 is 5.32 Å². The third-order valence-corrected chi connectivity index (χ3v) is 2.90. The molecule has 1 aromatic heterocycles. The van der Waals surface area contributed by atoms with Gasteiger partial charge in [-0.1, -0.05) is 17.7 Å². The number of benzene rings is 1. The lowest BCUT2D eigenvalue weighted by Crippen LogP contribution is -2.13. The second-order valence-electron chi connectivity index (χ2n) is 3.94. The van der Waals surface area contributed by atoms with Gasteiger partial charge in [-0.3, -0.25) is 9.89 Å². The lowest BCUT2D eigenvalue weighted by Gasteiger charge is -2.04. The van der Waals surface area contributed by atoms with Gasteiger partial charge in [-0.05, 0) is 19.1 Å². The fourth-order valence-electron chi connectivity index (χ4n) is 1.56. The predicted molar refractivity (Wildman–Crippen MR) is 73.9 cm³/mol. The molecule has 1 heterocycles. The molecule has 0 fully saturated rings. The Hall–Kier alpha value is -2.41. The minimum atomic E-state index is -0.696. The van der Waals surface area contributed by atoms with Crippen molar-refractivity contribution >= 4 is 29.3 Å². The van der Waals surface area contributed by atoms with Crippen molar-refractivity contribution in [1.29, 1.82) is 0 Å². The smallest absolute Gasteiger partial charge is 0.356 e. The van der Waals surface area contributed by atoms with E-state index in [1.165, 1.54) is 18.2 Å². The molecular weight excluding hydrogens is 301 g/mol. The van der Waals surface area contributed by atoms with Crippen molar-refractivity contribution in [2.45, 2.75) is 6.92 Å². The van der Waals surface area contributed by atoms with Gasteiger partial charge in [0.25, 0.3) is 5.91 Å². The van der Waals surface area contributed by atoms with E-state index in [1.54, 1.807) is 6.92 Å². The fourth-order valence-corrected chi connectivity index (χ4v) is 1.77. The lowest BCUT2D eigenvalue weighted by atomic mass is 10.2. The number of nitrogens with one attached hydrogen (secondary N) is 2. The number of halogens is 2. The van der Waals surface area contributed by atoms with Crippen molar-refractivity contribution < 1.29 is 18.7 Å². The number of hydrogen-bond acceptors (Lipinski definition) is 4. The number of anilines is 1. The first-order valence-electron chi connectivity index (χ1n) is 6.00. The molecule has 21 heavy (non-hydrogen) atoms. The van der Waals surface area contributed by atoms with Gasteiger partial charge in [0.05, 0.1) is 17.2 Å². The number of rotatable bonds is 4. The first-order valence-corrected chi connectivity index (χ1v) is 6.38. The van der Waals surface area contributed by atoms with Crippen LogP contribution in [-0.4, -0.2) is 28.7 Å². The number of aromatic nitrogens is 2. The second kappa shape index (κ2) is 6.36. The Balaban J connectivity index is 2.13. The summed E-state index contributed by atoms with van der Waals surface area (Å²) in [6.07, 6.45) is 0. The Morgan fingerprint density at radius 2 is 2.24 bits per heavy atom. The summed E-state index contributed by atoms with van der Waals surface area (Å²) in [5.41, 5.74) is 0.0647. The number of nitrogens with zero attached hydrogens (tertiary/aromatic N) is 1. The van der Waals surface area contributed by atoms with Crippen LogP contribution in [0, 0.1) is 5.82 Å². The number of amides is 1. The first kappa shape index (κ1) is 15.0. The number of carbonyl (C=O) groups is 2. The largest absolute Gasteiger partial charge is 0.461 e. The maximum atomic E-state index is 13.3. The van der Waals surface area contributed by atoms with E-state index in [0.717, 1.165) is 6.07 Å². The maximum absolute atomic E-state index is 13.3. The predicted octanol–water partition coefficient (Wildman–Crippen LogP) is 2.63. The van der Waals surface area contributed by atoms with Crippen molar-refractivity contribution in [2.75, 3.05) is 11.9 Å². The highest BCUT2D eigenvalue weighted by Crippen LogP contribution is 2.20. The van der Waals surface area contributed by atoms with Crippen LogP contribution in [0.3, 0.4) is 0 Å². The Morgan fingerprint density at radius 1 is 1.48 bits per heavy atom. The van der Waals surface area contributed by atoms with Gasteiger partial charge in [-0.15, -0.1) is 0 Å². The lowest BCUT2D eigenvalue weighted by molar-refractivity contribution is 0.0519. The summed E-state index contributed by atoms with van der Waals surface area (Å²) in [4.78, 5) is 23.4. The summed E-state index contributed by atoms with van der Waals surface area (Å²) in [5.74, 6) is -1.82. The molecule has 6 nitrogen and oxygen atoms in total. The average molecular weight is 312 g/mol. The SMILES string of the molecule is CCOC(=O)c1cc(NC(=O)c2cccc(F)c2Cl)n[nH]1. The van der Waals surface area contributed by atoms with E-state index in [2.05, 4.69) is 15.5 Å². The van der Waals surface area contributed by atoms with Gasteiger partial charge >= 0.3 is 5.97 Å². The zero-order chi connectivity index (χ0) is 15.4. The molecule has 0 bridgehead atoms. The molecule has 0 aliphatic heterocycles. The molecule has 110 valence electrons. The third-order valence-electron chi connectivity index (χ3n) is 2.51. The molecule has 0 saturated heterocycles. The molecule has 8 heteroatoms. The van der Waals surface area contributed by atoms with Crippen molar-refractivity contribution in [2.24, 2.45) is 0 Å². The monoisotopic (exact) mass is 311 g/mol. The molecule has 0 spiro atoms. The molecule has 0 unspecified atom stereocenters. The highest BCUT2D eigenvalue weighted by molar-refractivity contribution is 6.34. The second-order valence-corrected chi connectivity index (χ2v) is 4.32. The molecule has 0 aliphatic carbocycles. The number of ether oxygens (including phenoxy) is 1. The Morgan fingerprint density at radius 3 is 2.95 bits per heavy atom. The summed E-state index contributed by atoms with van der Waals surface area (Å²) in [7, 11) is 0. The van der Waals surface area contributed by atoms with E-state index in [-0.39, 0.29) is 28.7 Å². The summed E-state index contributed by atoms with van der Waals surface area (Å²) in [5, 5.41) is 8.29. The van der Waals surface area contributed by atoms with Gasteiger partial charge in [0.15, 0.2) is 5.82 Å². The number of hydrogen-bond donors (Lipinski definition) is 2. The van der Waals surface area contributed by atoms with E-state index >= 15 is 0 Å². The van der Waals surface area contributed by atoms with Crippen molar-refractivity contribution in [3.05, 3.63) is 46.4 Å². The van der Waals surface area contributed by atoms with Gasteiger partial charge in [-0.25, -0.2) is 9.18 Å². The molecule has 1 aromatic carbocycles. The molecule has 2 aromatic rings. The number of aromatic amines is 1. The van der Waals surface area contributed by atoms with Gasteiger partial charge in [0.2, 0.25) is 0 Å². The quantitative estimate of drug-likeness (QED) is 0.850. The molecular formula is C13H11ClFN3O3. The highest BCUT2D eigenvalue weighted by Gasteiger charge is 2.16. The van der Waals surface area contributed by atoms with E-state index < -0.39 is 17.7 Å². The summed E-state index contributed by atoms with van der Waals surface area (Å²) in [6.45, 7) is 1.89. The molecule has 0 radical (unpaired) electrons. The standard InChI is InChI=1S/C13H11ClFN3O3/c1-2-21-13(20)9-6-10(18-17-9)16-12(19)7-4-3-5-8(15)11(7)14/h3-6H,2H2,1H3,(H2,16,17,18,19).